The zero-order chi connectivity index (χ0) is 12.3. The van der Waals surface area contributed by atoms with Gasteiger partial charge in [0.25, 0.3) is 0 Å². The van der Waals surface area contributed by atoms with E-state index in [0.717, 1.165) is 19.3 Å². The third kappa shape index (κ3) is 3.21. The minimum Gasteiger partial charge on any atom is -0.378 e. The molecule has 100 valence electrons. The van der Waals surface area contributed by atoms with E-state index in [1.165, 1.54) is 32.1 Å². The van der Waals surface area contributed by atoms with Crippen LogP contribution in [0.5, 0.6) is 0 Å². The van der Waals surface area contributed by atoms with Crippen LogP contribution in [0.25, 0.3) is 0 Å². The van der Waals surface area contributed by atoms with Crippen LogP contribution in [-0.2, 0) is 4.74 Å². The lowest BCUT2D eigenvalue weighted by molar-refractivity contribution is -0.0689. The van der Waals surface area contributed by atoms with Crippen molar-refractivity contribution in [3.8, 4) is 0 Å². The van der Waals surface area contributed by atoms with E-state index in [9.17, 15) is 0 Å². The Labute approximate surface area is 106 Å². The molecule has 2 fully saturated rings. The summed E-state index contributed by atoms with van der Waals surface area (Å²) in [4.78, 5) is 2.53. The highest BCUT2D eigenvalue weighted by molar-refractivity contribution is 4.93. The predicted molar refractivity (Wildman–Crippen MR) is 71.3 cm³/mol. The fourth-order valence-corrected chi connectivity index (χ4v) is 3.32. The van der Waals surface area contributed by atoms with Gasteiger partial charge in [0.15, 0.2) is 0 Å². The number of nitrogens with one attached hydrogen (secondary N) is 1. The Morgan fingerprint density at radius 2 is 1.88 bits per heavy atom. The van der Waals surface area contributed by atoms with E-state index in [1.54, 1.807) is 0 Å². The van der Waals surface area contributed by atoms with Crippen molar-refractivity contribution < 1.29 is 4.74 Å². The van der Waals surface area contributed by atoms with Gasteiger partial charge in [0, 0.05) is 24.2 Å². The minimum absolute atomic E-state index is 0.638. The second kappa shape index (κ2) is 6.17. The maximum absolute atomic E-state index is 5.66. The summed E-state index contributed by atoms with van der Waals surface area (Å²) in [5.74, 6) is 0. The quantitative estimate of drug-likeness (QED) is 0.795. The lowest BCUT2D eigenvalue weighted by Gasteiger charge is -2.47. The topological polar surface area (TPSA) is 24.5 Å². The maximum Gasteiger partial charge on any atom is 0.0623 e. The first kappa shape index (κ1) is 13.3. The molecule has 3 heteroatoms. The van der Waals surface area contributed by atoms with Crippen molar-refractivity contribution in [3.05, 3.63) is 0 Å². The van der Waals surface area contributed by atoms with Gasteiger partial charge in [-0.3, -0.25) is 4.90 Å². The Hall–Kier alpha value is -0.120. The van der Waals surface area contributed by atoms with Crippen LogP contribution in [-0.4, -0.2) is 49.3 Å². The Bertz CT molecular complexity index is 220. The average molecular weight is 240 g/mol. The monoisotopic (exact) mass is 240 g/mol. The fourth-order valence-electron chi connectivity index (χ4n) is 3.32. The summed E-state index contributed by atoms with van der Waals surface area (Å²) in [5, 5.41) is 3.87. The summed E-state index contributed by atoms with van der Waals surface area (Å²) in [6, 6.07) is 2.70. The molecule has 3 nitrogen and oxygen atoms in total. The van der Waals surface area contributed by atoms with Gasteiger partial charge in [0.2, 0.25) is 0 Å². The molecule has 2 bridgehead atoms. The first-order chi connectivity index (χ1) is 8.24. The van der Waals surface area contributed by atoms with Gasteiger partial charge in [0.05, 0.1) is 13.2 Å². The summed E-state index contributed by atoms with van der Waals surface area (Å²) in [6.07, 6.45) is 6.37. The third-order valence-corrected chi connectivity index (χ3v) is 4.49. The number of hydrogen-bond donors (Lipinski definition) is 1. The number of nitrogens with zero attached hydrogens (tertiary/aromatic N) is 1. The maximum atomic E-state index is 5.66. The molecule has 2 rings (SSSR count). The summed E-state index contributed by atoms with van der Waals surface area (Å²) < 4.78 is 5.66. The molecule has 0 aromatic heterocycles. The lowest BCUT2D eigenvalue weighted by atomic mass is 9.90. The molecule has 0 aromatic carbocycles. The molecule has 1 N–H and O–H groups in total. The molecule has 0 aliphatic carbocycles. The summed E-state index contributed by atoms with van der Waals surface area (Å²) in [5.41, 5.74) is 0. The Balaban J connectivity index is 1.86. The van der Waals surface area contributed by atoms with Crippen molar-refractivity contribution in [1.29, 1.82) is 0 Å². The van der Waals surface area contributed by atoms with E-state index in [-0.39, 0.29) is 0 Å². The van der Waals surface area contributed by atoms with Gasteiger partial charge < -0.3 is 10.1 Å². The second-order valence-corrected chi connectivity index (χ2v) is 5.74. The highest BCUT2D eigenvalue weighted by Gasteiger charge is 2.36. The van der Waals surface area contributed by atoms with Crippen molar-refractivity contribution in [2.24, 2.45) is 0 Å². The highest BCUT2D eigenvalue weighted by atomic mass is 16.5. The predicted octanol–water partition coefficient (Wildman–Crippen LogP) is 2.02. The van der Waals surface area contributed by atoms with Crippen molar-refractivity contribution in [3.63, 3.8) is 0 Å². The molecular formula is C14H28N2O. The third-order valence-electron chi connectivity index (χ3n) is 4.49. The molecular weight excluding hydrogens is 212 g/mol. The number of fused-ring (bicyclic) bond motifs is 2. The van der Waals surface area contributed by atoms with E-state index >= 15 is 0 Å². The zero-order valence-corrected chi connectivity index (χ0v) is 11.6. The summed E-state index contributed by atoms with van der Waals surface area (Å²) in [6.45, 7) is 6.43. The standard InChI is InChI=1S/C14H28N2O/c1-4-6-11(5-2)15-12-7-13-9-17-10-14(8-12)16(13)3/h11-15H,4-10H2,1-3H3. The second-order valence-electron chi connectivity index (χ2n) is 5.74. The smallest absolute Gasteiger partial charge is 0.0623 e. The van der Waals surface area contributed by atoms with Crippen molar-refractivity contribution >= 4 is 0 Å². The van der Waals surface area contributed by atoms with Crippen molar-refractivity contribution in [2.75, 3.05) is 20.3 Å². The van der Waals surface area contributed by atoms with Crippen LogP contribution < -0.4 is 5.32 Å². The van der Waals surface area contributed by atoms with Crippen LogP contribution in [0.2, 0.25) is 0 Å². The lowest BCUT2D eigenvalue weighted by Crippen LogP contribution is -2.59. The average Bonchev–Trinajstić information content (AvgIpc) is 2.29. The van der Waals surface area contributed by atoms with E-state index in [2.05, 4.69) is 31.1 Å². The summed E-state index contributed by atoms with van der Waals surface area (Å²) in [7, 11) is 2.26. The summed E-state index contributed by atoms with van der Waals surface area (Å²) >= 11 is 0. The minimum atomic E-state index is 0.638. The molecule has 2 aliphatic heterocycles. The molecule has 2 heterocycles. The zero-order valence-electron chi connectivity index (χ0n) is 11.6. The van der Waals surface area contributed by atoms with Gasteiger partial charge in [-0.1, -0.05) is 20.3 Å². The normalized spacial score (nSPS) is 35.8. The number of rotatable bonds is 5. The van der Waals surface area contributed by atoms with Gasteiger partial charge in [0.1, 0.15) is 0 Å². The molecule has 0 aromatic rings. The van der Waals surface area contributed by atoms with Crippen LogP contribution in [0.15, 0.2) is 0 Å². The number of piperidine rings is 1. The SMILES string of the molecule is CCCC(CC)NC1CC2COCC(C1)N2C. The first-order valence-corrected chi connectivity index (χ1v) is 7.30. The number of likely N-dealkylation sites (N-methyl/N-ethyl adjacent to an activating group) is 1. The van der Waals surface area contributed by atoms with E-state index in [1.807, 2.05) is 0 Å². The Morgan fingerprint density at radius 3 is 2.41 bits per heavy atom. The molecule has 2 aliphatic rings. The number of morpholine rings is 1. The van der Waals surface area contributed by atoms with Crippen molar-refractivity contribution in [2.45, 2.75) is 70.1 Å². The van der Waals surface area contributed by atoms with Gasteiger partial charge in [-0.05, 0) is 32.7 Å². The van der Waals surface area contributed by atoms with Gasteiger partial charge in [-0.25, -0.2) is 0 Å². The molecule has 0 spiro atoms. The molecule has 3 unspecified atom stereocenters. The van der Waals surface area contributed by atoms with Crippen LogP contribution in [0, 0.1) is 0 Å². The molecule has 17 heavy (non-hydrogen) atoms. The molecule has 0 radical (unpaired) electrons. The van der Waals surface area contributed by atoms with Crippen LogP contribution in [0.3, 0.4) is 0 Å². The fraction of sp³-hybridized carbons (Fsp3) is 1.00. The van der Waals surface area contributed by atoms with E-state index in [4.69, 9.17) is 4.74 Å². The molecule has 2 saturated heterocycles. The van der Waals surface area contributed by atoms with Crippen LogP contribution in [0.4, 0.5) is 0 Å². The molecule has 3 atom stereocenters. The van der Waals surface area contributed by atoms with Crippen molar-refractivity contribution in [1.82, 2.24) is 10.2 Å². The van der Waals surface area contributed by atoms with Crippen LogP contribution >= 0.6 is 0 Å². The molecule has 0 amide bonds. The van der Waals surface area contributed by atoms with Gasteiger partial charge in [-0.2, -0.15) is 0 Å². The van der Waals surface area contributed by atoms with Crippen LogP contribution in [0.1, 0.15) is 46.0 Å². The van der Waals surface area contributed by atoms with E-state index in [0.29, 0.717) is 18.1 Å². The largest absolute Gasteiger partial charge is 0.378 e. The Morgan fingerprint density at radius 1 is 1.24 bits per heavy atom. The first-order valence-electron chi connectivity index (χ1n) is 7.30. The van der Waals surface area contributed by atoms with E-state index < -0.39 is 0 Å². The van der Waals surface area contributed by atoms with Gasteiger partial charge in [-0.15, -0.1) is 0 Å². The highest BCUT2D eigenvalue weighted by Crippen LogP contribution is 2.26. The number of hydrogen-bond acceptors (Lipinski definition) is 3. The number of ether oxygens (including phenoxy) is 1. The van der Waals surface area contributed by atoms with Gasteiger partial charge >= 0.3 is 0 Å². The molecule has 0 saturated carbocycles. The Kier molecular flexibility index (Phi) is 4.83.